The van der Waals surface area contributed by atoms with Crippen LogP contribution >= 0.6 is 0 Å². The number of nitrogens with one attached hydrogen (secondary N) is 1. The van der Waals surface area contributed by atoms with Crippen LogP contribution in [0.5, 0.6) is 5.75 Å². The molecule has 2 atom stereocenters. The predicted octanol–water partition coefficient (Wildman–Crippen LogP) is 1.67. The number of nitrogens with two attached hydrogens (primary N) is 1. The van der Waals surface area contributed by atoms with Gasteiger partial charge >= 0.3 is 0 Å². The van der Waals surface area contributed by atoms with E-state index in [9.17, 15) is 0 Å². The third kappa shape index (κ3) is 4.34. The summed E-state index contributed by atoms with van der Waals surface area (Å²) < 4.78 is 10.9. The average molecular weight is 238 g/mol. The molecule has 0 fully saturated rings. The first kappa shape index (κ1) is 14.0. The molecule has 0 radical (unpaired) electrons. The molecule has 1 rings (SSSR count). The van der Waals surface area contributed by atoms with Crippen LogP contribution in [-0.4, -0.2) is 26.5 Å². The van der Waals surface area contributed by atoms with Gasteiger partial charge in [0.1, 0.15) is 5.75 Å². The molecule has 0 bridgehead atoms. The summed E-state index contributed by atoms with van der Waals surface area (Å²) in [4.78, 5) is 0. The summed E-state index contributed by atoms with van der Waals surface area (Å²) in [6, 6.07) is 8.09. The lowest BCUT2D eigenvalue weighted by Gasteiger charge is -2.17. The summed E-state index contributed by atoms with van der Waals surface area (Å²) >= 11 is 0. The Hall–Kier alpha value is -1.10. The predicted molar refractivity (Wildman–Crippen MR) is 69.0 cm³/mol. The Balaban J connectivity index is 2.61. The maximum atomic E-state index is 5.66. The van der Waals surface area contributed by atoms with Gasteiger partial charge in [-0.25, -0.2) is 0 Å². The second-order valence-electron chi connectivity index (χ2n) is 3.79. The van der Waals surface area contributed by atoms with Gasteiger partial charge in [-0.15, -0.1) is 0 Å². The average Bonchev–Trinajstić information content (AvgIpc) is 2.33. The Morgan fingerprint density at radius 1 is 1.29 bits per heavy atom. The first-order valence-electron chi connectivity index (χ1n) is 5.96. The third-order valence-corrected chi connectivity index (χ3v) is 2.57. The van der Waals surface area contributed by atoms with E-state index in [0.717, 1.165) is 11.3 Å². The Kier molecular flexibility index (Phi) is 5.97. The molecule has 3 N–H and O–H groups in total. The second kappa shape index (κ2) is 7.27. The first-order valence-corrected chi connectivity index (χ1v) is 5.96. The SMILES string of the molecule is CCOC(C)Oc1ccc(C(CN)NC)cc1. The number of hydrogen-bond donors (Lipinski definition) is 2. The number of rotatable bonds is 7. The van der Waals surface area contributed by atoms with E-state index in [1.165, 1.54) is 0 Å². The lowest BCUT2D eigenvalue weighted by Crippen LogP contribution is -2.24. The minimum Gasteiger partial charge on any atom is -0.465 e. The summed E-state index contributed by atoms with van der Waals surface area (Å²) in [5.74, 6) is 0.807. The van der Waals surface area contributed by atoms with Gasteiger partial charge in [0.25, 0.3) is 0 Å². The third-order valence-electron chi connectivity index (χ3n) is 2.57. The van der Waals surface area contributed by atoms with Crippen LogP contribution in [0, 0.1) is 0 Å². The van der Waals surface area contributed by atoms with Gasteiger partial charge in [-0.2, -0.15) is 0 Å². The summed E-state index contributed by atoms with van der Waals surface area (Å²) in [6.07, 6.45) is -0.222. The number of hydrogen-bond acceptors (Lipinski definition) is 4. The molecule has 0 saturated carbocycles. The molecule has 17 heavy (non-hydrogen) atoms. The molecule has 2 unspecified atom stereocenters. The lowest BCUT2D eigenvalue weighted by molar-refractivity contribution is -0.0613. The van der Waals surface area contributed by atoms with Gasteiger partial charge < -0.3 is 20.5 Å². The zero-order chi connectivity index (χ0) is 12.7. The maximum Gasteiger partial charge on any atom is 0.196 e. The van der Waals surface area contributed by atoms with Crippen molar-refractivity contribution in [2.45, 2.75) is 26.2 Å². The zero-order valence-electron chi connectivity index (χ0n) is 10.8. The zero-order valence-corrected chi connectivity index (χ0v) is 10.8. The fourth-order valence-electron chi connectivity index (χ4n) is 1.66. The van der Waals surface area contributed by atoms with Gasteiger partial charge in [-0.3, -0.25) is 0 Å². The molecule has 1 aromatic carbocycles. The molecule has 0 aliphatic heterocycles. The minimum atomic E-state index is -0.222. The van der Waals surface area contributed by atoms with Crippen LogP contribution in [0.25, 0.3) is 0 Å². The topological polar surface area (TPSA) is 56.5 Å². The summed E-state index contributed by atoms with van der Waals surface area (Å²) in [5.41, 5.74) is 6.82. The highest BCUT2D eigenvalue weighted by molar-refractivity contribution is 5.29. The van der Waals surface area contributed by atoms with Crippen LogP contribution < -0.4 is 15.8 Å². The Morgan fingerprint density at radius 3 is 2.41 bits per heavy atom. The number of likely N-dealkylation sites (N-methyl/N-ethyl adjacent to an activating group) is 1. The van der Waals surface area contributed by atoms with E-state index < -0.39 is 0 Å². The molecule has 0 aromatic heterocycles. The van der Waals surface area contributed by atoms with E-state index in [1.807, 2.05) is 45.2 Å². The highest BCUT2D eigenvalue weighted by Gasteiger charge is 2.07. The van der Waals surface area contributed by atoms with Crippen molar-refractivity contribution in [1.82, 2.24) is 5.32 Å². The van der Waals surface area contributed by atoms with Crippen molar-refractivity contribution in [2.24, 2.45) is 5.73 Å². The van der Waals surface area contributed by atoms with E-state index in [2.05, 4.69) is 5.32 Å². The normalized spacial score (nSPS) is 14.4. The quantitative estimate of drug-likeness (QED) is 0.709. The van der Waals surface area contributed by atoms with Crippen molar-refractivity contribution >= 4 is 0 Å². The van der Waals surface area contributed by atoms with E-state index in [1.54, 1.807) is 0 Å². The minimum absolute atomic E-state index is 0.188. The smallest absolute Gasteiger partial charge is 0.196 e. The molecule has 0 aliphatic carbocycles. The molecule has 4 nitrogen and oxygen atoms in total. The molecular weight excluding hydrogens is 216 g/mol. The summed E-state index contributed by atoms with van der Waals surface area (Å²) in [5, 5.41) is 3.16. The highest BCUT2D eigenvalue weighted by Crippen LogP contribution is 2.18. The van der Waals surface area contributed by atoms with Gasteiger partial charge in [0.05, 0.1) is 0 Å². The van der Waals surface area contributed by atoms with Gasteiger partial charge in [0, 0.05) is 19.2 Å². The Bertz CT molecular complexity index is 310. The van der Waals surface area contributed by atoms with Crippen LogP contribution in [0.15, 0.2) is 24.3 Å². The maximum absolute atomic E-state index is 5.66. The van der Waals surface area contributed by atoms with Crippen LogP contribution in [0.4, 0.5) is 0 Å². The van der Waals surface area contributed by atoms with Crippen LogP contribution in [-0.2, 0) is 4.74 Å². The van der Waals surface area contributed by atoms with Crippen molar-refractivity contribution in [1.29, 1.82) is 0 Å². The lowest BCUT2D eigenvalue weighted by atomic mass is 10.1. The fraction of sp³-hybridized carbons (Fsp3) is 0.538. The summed E-state index contributed by atoms with van der Waals surface area (Å²) in [7, 11) is 1.90. The highest BCUT2D eigenvalue weighted by atomic mass is 16.7. The standard InChI is InChI=1S/C13H22N2O2/c1-4-16-10(2)17-12-7-5-11(6-8-12)13(9-14)15-3/h5-8,10,13,15H,4,9,14H2,1-3H3. The van der Waals surface area contributed by atoms with Gasteiger partial charge in [-0.05, 0) is 38.6 Å². The molecular formula is C13H22N2O2. The van der Waals surface area contributed by atoms with Crippen LogP contribution in [0.3, 0.4) is 0 Å². The van der Waals surface area contributed by atoms with Crippen molar-refractivity contribution in [3.05, 3.63) is 29.8 Å². The first-order chi connectivity index (χ1) is 8.21. The molecule has 4 heteroatoms. The van der Waals surface area contributed by atoms with E-state index in [4.69, 9.17) is 15.2 Å². The van der Waals surface area contributed by atoms with Gasteiger partial charge in [0.15, 0.2) is 6.29 Å². The van der Waals surface area contributed by atoms with E-state index >= 15 is 0 Å². The molecule has 0 saturated heterocycles. The van der Waals surface area contributed by atoms with Gasteiger partial charge in [-0.1, -0.05) is 12.1 Å². The molecule has 1 aromatic rings. The van der Waals surface area contributed by atoms with E-state index in [-0.39, 0.29) is 12.3 Å². The van der Waals surface area contributed by atoms with Crippen LogP contribution in [0.1, 0.15) is 25.5 Å². The van der Waals surface area contributed by atoms with Gasteiger partial charge in [0.2, 0.25) is 0 Å². The molecule has 0 aliphatic rings. The largest absolute Gasteiger partial charge is 0.465 e. The van der Waals surface area contributed by atoms with E-state index in [0.29, 0.717) is 13.2 Å². The van der Waals surface area contributed by atoms with Crippen molar-refractivity contribution < 1.29 is 9.47 Å². The number of benzene rings is 1. The Morgan fingerprint density at radius 2 is 1.94 bits per heavy atom. The molecule has 0 heterocycles. The Labute approximate surface area is 103 Å². The monoisotopic (exact) mass is 238 g/mol. The fourth-order valence-corrected chi connectivity index (χ4v) is 1.66. The number of ether oxygens (including phenoxy) is 2. The summed E-state index contributed by atoms with van der Waals surface area (Å²) in [6.45, 7) is 5.05. The van der Waals surface area contributed by atoms with Crippen molar-refractivity contribution in [3.63, 3.8) is 0 Å². The molecule has 0 amide bonds. The molecule has 0 spiro atoms. The molecule has 96 valence electrons. The van der Waals surface area contributed by atoms with Crippen molar-refractivity contribution in [2.75, 3.05) is 20.2 Å². The van der Waals surface area contributed by atoms with Crippen molar-refractivity contribution in [3.8, 4) is 5.75 Å². The van der Waals surface area contributed by atoms with Crippen LogP contribution in [0.2, 0.25) is 0 Å². The second-order valence-corrected chi connectivity index (χ2v) is 3.79.